The second-order valence-corrected chi connectivity index (χ2v) is 7.34. The van der Waals surface area contributed by atoms with Gasteiger partial charge in [-0.2, -0.15) is 4.31 Å². The standard InChI is InChI=1S/C18H25NO5S/c1-4-24-17-9-10-18(16-8-6-5-7-15(16)17)25(20,21)19(11-13-22-2)12-14-23-3/h5-10H,4,11-14H2,1-3H3. The van der Waals surface area contributed by atoms with Crippen LogP contribution in [0.1, 0.15) is 6.92 Å². The zero-order valence-corrected chi connectivity index (χ0v) is 15.7. The molecule has 2 aromatic carbocycles. The average molecular weight is 367 g/mol. The SMILES string of the molecule is CCOc1ccc(S(=O)(=O)N(CCOC)CCOC)c2ccccc12. The second-order valence-electron chi connectivity index (χ2n) is 5.43. The lowest BCUT2D eigenvalue weighted by Crippen LogP contribution is -2.36. The number of ether oxygens (including phenoxy) is 3. The second kappa shape index (κ2) is 9.15. The Morgan fingerprint density at radius 3 is 2.08 bits per heavy atom. The van der Waals surface area contributed by atoms with Gasteiger partial charge in [0.15, 0.2) is 0 Å². The van der Waals surface area contributed by atoms with Crippen molar-refractivity contribution < 1.29 is 22.6 Å². The molecule has 0 atom stereocenters. The van der Waals surface area contributed by atoms with E-state index in [1.165, 1.54) is 4.31 Å². The molecule has 0 aromatic heterocycles. The maximum absolute atomic E-state index is 13.2. The van der Waals surface area contributed by atoms with Gasteiger partial charge in [-0.25, -0.2) is 8.42 Å². The van der Waals surface area contributed by atoms with E-state index in [0.717, 1.165) is 5.39 Å². The Morgan fingerprint density at radius 2 is 1.52 bits per heavy atom. The summed E-state index contributed by atoms with van der Waals surface area (Å²) in [5.74, 6) is 0.678. The lowest BCUT2D eigenvalue weighted by atomic mass is 10.1. The summed E-state index contributed by atoms with van der Waals surface area (Å²) in [5.41, 5.74) is 0. The third kappa shape index (κ3) is 4.49. The zero-order valence-electron chi connectivity index (χ0n) is 14.9. The summed E-state index contributed by atoms with van der Waals surface area (Å²) >= 11 is 0. The molecule has 0 heterocycles. The fourth-order valence-corrected chi connectivity index (χ4v) is 4.23. The number of hydrogen-bond acceptors (Lipinski definition) is 5. The van der Waals surface area contributed by atoms with Crippen LogP contribution in [-0.4, -0.2) is 59.9 Å². The van der Waals surface area contributed by atoms with Gasteiger partial charge in [-0.3, -0.25) is 0 Å². The van der Waals surface area contributed by atoms with Gasteiger partial charge in [0, 0.05) is 38.1 Å². The number of sulfonamides is 1. The minimum Gasteiger partial charge on any atom is -0.493 e. The first-order valence-electron chi connectivity index (χ1n) is 8.18. The van der Waals surface area contributed by atoms with E-state index < -0.39 is 10.0 Å². The largest absolute Gasteiger partial charge is 0.493 e. The van der Waals surface area contributed by atoms with Crippen LogP contribution in [0.2, 0.25) is 0 Å². The van der Waals surface area contributed by atoms with E-state index in [1.54, 1.807) is 32.4 Å². The van der Waals surface area contributed by atoms with Crippen molar-refractivity contribution in [2.45, 2.75) is 11.8 Å². The molecule has 0 unspecified atom stereocenters. The molecule has 0 aliphatic carbocycles. The van der Waals surface area contributed by atoms with Crippen molar-refractivity contribution in [2.75, 3.05) is 47.1 Å². The van der Waals surface area contributed by atoms with Crippen LogP contribution < -0.4 is 4.74 Å². The molecule has 0 spiro atoms. The Kier molecular flexibility index (Phi) is 7.19. The van der Waals surface area contributed by atoms with Crippen LogP contribution in [0.5, 0.6) is 5.75 Å². The summed E-state index contributed by atoms with van der Waals surface area (Å²) in [4.78, 5) is 0.263. The van der Waals surface area contributed by atoms with Crippen molar-refractivity contribution in [2.24, 2.45) is 0 Å². The summed E-state index contributed by atoms with van der Waals surface area (Å²) < 4.78 is 43.5. The lowest BCUT2D eigenvalue weighted by molar-refractivity contribution is 0.150. The van der Waals surface area contributed by atoms with E-state index in [0.29, 0.717) is 31.0 Å². The smallest absolute Gasteiger partial charge is 0.243 e. The van der Waals surface area contributed by atoms with E-state index in [9.17, 15) is 8.42 Å². The van der Waals surface area contributed by atoms with E-state index in [4.69, 9.17) is 14.2 Å². The lowest BCUT2D eigenvalue weighted by Gasteiger charge is -2.23. The highest BCUT2D eigenvalue weighted by Gasteiger charge is 2.26. The minimum atomic E-state index is -3.69. The van der Waals surface area contributed by atoms with Gasteiger partial charge in [-0.1, -0.05) is 24.3 Å². The molecule has 0 fully saturated rings. The van der Waals surface area contributed by atoms with Gasteiger partial charge in [0.05, 0.1) is 24.7 Å². The van der Waals surface area contributed by atoms with Crippen LogP contribution in [0.15, 0.2) is 41.3 Å². The summed E-state index contributed by atoms with van der Waals surface area (Å²) in [5, 5.41) is 1.43. The summed E-state index contributed by atoms with van der Waals surface area (Å²) in [6.45, 7) is 3.59. The predicted octanol–water partition coefficient (Wildman–Crippen LogP) is 2.52. The third-order valence-corrected chi connectivity index (χ3v) is 5.81. The number of nitrogens with zero attached hydrogens (tertiary/aromatic N) is 1. The fraction of sp³-hybridized carbons (Fsp3) is 0.444. The molecule has 7 heteroatoms. The van der Waals surface area contributed by atoms with E-state index in [1.807, 2.05) is 25.1 Å². The van der Waals surface area contributed by atoms with E-state index in [-0.39, 0.29) is 18.0 Å². The maximum Gasteiger partial charge on any atom is 0.243 e. The molecule has 0 saturated heterocycles. The quantitative estimate of drug-likeness (QED) is 0.646. The molecular formula is C18H25NO5S. The Morgan fingerprint density at radius 1 is 0.920 bits per heavy atom. The van der Waals surface area contributed by atoms with Gasteiger partial charge in [0.25, 0.3) is 0 Å². The Labute approximate surface area is 149 Å². The zero-order chi connectivity index (χ0) is 18.3. The van der Waals surface area contributed by atoms with Crippen molar-refractivity contribution >= 4 is 20.8 Å². The highest BCUT2D eigenvalue weighted by molar-refractivity contribution is 7.89. The normalized spacial score (nSPS) is 12.0. The maximum atomic E-state index is 13.2. The molecule has 0 saturated carbocycles. The monoisotopic (exact) mass is 367 g/mol. The average Bonchev–Trinajstić information content (AvgIpc) is 2.62. The van der Waals surface area contributed by atoms with Gasteiger partial charge < -0.3 is 14.2 Å². The first-order valence-corrected chi connectivity index (χ1v) is 9.62. The van der Waals surface area contributed by atoms with Crippen molar-refractivity contribution in [3.05, 3.63) is 36.4 Å². The third-order valence-electron chi connectivity index (χ3n) is 3.85. The molecule has 25 heavy (non-hydrogen) atoms. The van der Waals surface area contributed by atoms with E-state index >= 15 is 0 Å². The first-order chi connectivity index (χ1) is 12.1. The number of rotatable bonds is 10. The predicted molar refractivity (Wildman–Crippen MR) is 97.6 cm³/mol. The molecule has 0 bridgehead atoms. The first kappa shape index (κ1) is 19.7. The van der Waals surface area contributed by atoms with Crippen LogP contribution >= 0.6 is 0 Å². The number of methoxy groups -OCH3 is 2. The molecule has 0 aliphatic rings. The summed E-state index contributed by atoms with van der Waals surface area (Å²) in [6, 6.07) is 10.7. The molecule has 2 rings (SSSR count). The summed E-state index contributed by atoms with van der Waals surface area (Å²) in [6.07, 6.45) is 0. The highest BCUT2D eigenvalue weighted by atomic mass is 32.2. The van der Waals surface area contributed by atoms with Gasteiger partial charge in [0.2, 0.25) is 10.0 Å². The topological polar surface area (TPSA) is 65.1 Å². The fourth-order valence-electron chi connectivity index (χ4n) is 2.63. The van der Waals surface area contributed by atoms with Crippen LogP contribution in [-0.2, 0) is 19.5 Å². The molecule has 0 amide bonds. The molecule has 0 aliphatic heterocycles. The Balaban J connectivity index is 2.52. The van der Waals surface area contributed by atoms with E-state index in [2.05, 4.69) is 0 Å². The Hall–Kier alpha value is -1.67. The van der Waals surface area contributed by atoms with Crippen molar-refractivity contribution in [3.8, 4) is 5.75 Å². The number of fused-ring (bicyclic) bond motifs is 1. The van der Waals surface area contributed by atoms with Crippen LogP contribution in [0.4, 0.5) is 0 Å². The van der Waals surface area contributed by atoms with Crippen molar-refractivity contribution in [1.29, 1.82) is 0 Å². The molecule has 0 radical (unpaired) electrons. The summed E-state index contributed by atoms with van der Waals surface area (Å²) in [7, 11) is -0.588. The van der Waals surface area contributed by atoms with Gasteiger partial charge >= 0.3 is 0 Å². The van der Waals surface area contributed by atoms with Gasteiger partial charge in [0.1, 0.15) is 5.75 Å². The Bertz CT molecular complexity index is 783. The number of hydrogen-bond donors (Lipinski definition) is 0. The van der Waals surface area contributed by atoms with Crippen LogP contribution in [0.3, 0.4) is 0 Å². The van der Waals surface area contributed by atoms with Crippen molar-refractivity contribution in [1.82, 2.24) is 4.31 Å². The molecule has 6 nitrogen and oxygen atoms in total. The molecule has 2 aromatic rings. The number of benzene rings is 2. The van der Waals surface area contributed by atoms with Gasteiger partial charge in [-0.15, -0.1) is 0 Å². The van der Waals surface area contributed by atoms with Crippen LogP contribution in [0.25, 0.3) is 10.8 Å². The van der Waals surface area contributed by atoms with Gasteiger partial charge in [-0.05, 0) is 19.1 Å². The molecule has 0 N–H and O–H groups in total. The highest BCUT2D eigenvalue weighted by Crippen LogP contribution is 2.32. The molecule has 138 valence electrons. The minimum absolute atomic E-state index is 0.263. The van der Waals surface area contributed by atoms with Crippen molar-refractivity contribution in [3.63, 3.8) is 0 Å². The van der Waals surface area contributed by atoms with Crippen LogP contribution in [0, 0.1) is 0 Å². The molecular weight excluding hydrogens is 342 g/mol.